The lowest BCUT2D eigenvalue weighted by Gasteiger charge is -2.04. The minimum atomic E-state index is 0.591. The number of pyridine rings is 1. The molecule has 0 amide bonds. The van der Waals surface area contributed by atoms with Crippen LogP contribution in [0.5, 0.6) is 0 Å². The zero-order valence-electron chi connectivity index (χ0n) is 8.16. The third kappa shape index (κ3) is 3.79. The zero-order valence-corrected chi connectivity index (χ0v) is 8.97. The van der Waals surface area contributed by atoms with Crippen molar-refractivity contribution in [3.8, 4) is 0 Å². The van der Waals surface area contributed by atoms with Crippen molar-refractivity contribution in [1.29, 1.82) is 0 Å². The van der Waals surface area contributed by atoms with Crippen molar-refractivity contribution in [2.24, 2.45) is 5.73 Å². The highest BCUT2D eigenvalue weighted by molar-refractivity contribution is 7.99. The molecule has 2 nitrogen and oxygen atoms in total. The van der Waals surface area contributed by atoms with Crippen molar-refractivity contribution in [3.05, 3.63) is 23.9 Å². The molecule has 0 aliphatic rings. The van der Waals surface area contributed by atoms with Crippen LogP contribution >= 0.6 is 11.8 Å². The summed E-state index contributed by atoms with van der Waals surface area (Å²) in [5.74, 6) is 0. The van der Waals surface area contributed by atoms with Crippen molar-refractivity contribution in [2.45, 2.75) is 30.5 Å². The van der Waals surface area contributed by atoms with E-state index in [0.717, 1.165) is 11.4 Å². The quantitative estimate of drug-likeness (QED) is 0.749. The topological polar surface area (TPSA) is 38.9 Å². The largest absolute Gasteiger partial charge is 0.330 e. The number of hydrogen-bond donors (Lipinski definition) is 1. The SMILES string of the molecule is CC(C)Sc1ccc(CCN)cn1. The molecule has 1 aromatic rings. The first-order valence-corrected chi connectivity index (χ1v) is 5.42. The van der Waals surface area contributed by atoms with Crippen LogP contribution in [0.2, 0.25) is 0 Å². The Labute approximate surface area is 83.9 Å². The first kappa shape index (κ1) is 10.5. The van der Waals surface area contributed by atoms with E-state index in [1.165, 1.54) is 5.56 Å². The Bertz CT molecular complexity index is 244. The molecule has 0 atom stereocenters. The van der Waals surface area contributed by atoms with Crippen LogP contribution in [0.15, 0.2) is 23.4 Å². The Hall–Kier alpha value is -0.540. The highest BCUT2D eigenvalue weighted by Crippen LogP contribution is 2.20. The lowest BCUT2D eigenvalue weighted by Crippen LogP contribution is -2.02. The molecule has 1 heterocycles. The molecule has 0 aromatic carbocycles. The van der Waals surface area contributed by atoms with Gasteiger partial charge in [-0.25, -0.2) is 4.98 Å². The van der Waals surface area contributed by atoms with Gasteiger partial charge in [0.05, 0.1) is 5.03 Å². The molecule has 0 saturated carbocycles. The molecule has 0 unspecified atom stereocenters. The molecule has 1 rings (SSSR count). The zero-order chi connectivity index (χ0) is 9.68. The molecule has 2 N–H and O–H groups in total. The third-order valence-corrected chi connectivity index (χ3v) is 2.54. The van der Waals surface area contributed by atoms with Gasteiger partial charge in [-0.1, -0.05) is 19.9 Å². The van der Waals surface area contributed by atoms with Gasteiger partial charge in [0.25, 0.3) is 0 Å². The van der Waals surface area contributed by atoms with Crippen molar-refractivity contribution >= 4 is 11.8 Å². The molecule has 0 aliphatic carbocycles. The van der Waals surface area contributed by atoms with Crippen LogP contribution in [-0.2, 0) is 6.42 Å². The van der Waals surface area contributed by atoms with Crippen LogP contribution in [0, 0.1) is 0 Å². The van der Waals surface area contributed by atoms with Crippen molar-refractivity contribution in [1.82, 2.24) is 4.98 Å². The average molecular weight is 196 g/mol. The van der Waals surface area contributed by atoms with Crippen molar-refractivity contribution in [3.63, 3.8) is 0 Å². The van der Waals surface area contributed by atoms with Crippen LogP contribution < -0.4 is 5.73 Å². The van der Waals surface area contributed by atoms with Gasteiger partial charge in [-0.3, -0.25) is 0 Å². The predicted octanol–water partition coefficient (Wildman–Crippen LogP) is 2.08. The van der Waals surface area contributed by atoms with Gasteiger partial charge in [0.1, 0.15) is 0 Å². The number of rotatable bonds is 4. The lowest BCUT2D eigenvalue weighted by atomic mass is 10.2. The fraction of sp³-hybridized carbons (Fsp3) is 0.500. The predicted molar refractivity (Wildman–Crippen MR) is 58.0 cm³/mol. The number of aromatic nitrogens is 1. The van der Waals surface area contributed by atoms with Gasteiger partial charge in [-0.15, -0.1) is 11.8 Å². The second-order valence-corrected chi connectivity index (χ2v) is 4.81. The first-order chi connectivity index (χ1) is 6.22. The van der Waals surface area contributed by atoms with Crippen LogP contribution in [-0.4, -0.2) is 16.8 Å². The number of hydrogen-bond acceptors (Lipinski definition) is 3. The van der Waals surface area contributed by atoms with Crippen LogP contribution in [0.25, 0.3) is 0 Å². The summed E-state index contributed by atoms with van der Waals surface area (Å²) in [5.41, 5.74) is 6.66. The molecule has 3 heteroatoms. The van der Waals surface area contributed by atoms with E-state index < -0.39 is 0 Å². The fourth-order valence-electron chi connectivity index (χ4n) is 1.04. The standard InChI is InChI=1S/C10H16N2S/c1-8(2)13-10-4-3-9(5-6-11)7-12-10/h3-4,7-8H,5-6,11H2,1-2H3. The van der Waals surface area contributed by atoms with Crippen LogP contribution in [0.1, 0.15) is 19.4 Å². The van der Waals surface area contributed by atoms with Gasteiger partial charge in [0.2, 0.25) is 0 Å². The van der Waals surface area contributed by atoms with Gasteiger partial charge in [0, 0.05) is 11.4 Å². The summed E-state index contributed by atoms with van der Waals surface area (Å²) in [4.78, 5) is 4.34. The van der Waals surface area contributed by atoms with E-state index in [1.54, 1.807) is 11.8 Å². The maximum Gasteiger partial charge on any atom is 0.0962 e. The molecule has 0 saturated heterocycles. The second kappa shape index (κ2) is 5.25. The number of thioether (sulfide) groups is 1. The van der Waals surface area contributed by atoms with Gasteiger partial charge in [-0.2, -0.15) is 0 Å². The van der Waals surface area contributed by atoms with Gasteiger partial charge in [0.15, 0.2) is 0 Å². The van der Waals surface area contributed by atoms with E-state index in [1.807, 2.05) is 6.20 Å². The Morgan fingerprint density at radius 3 is 2.69 bits per heavy atom. The maximum absolute atomic E-state index is 5.45. The minimum absolute atomic E-state index is 0.591. The van der Waals surface area contributed by atoms with Crippen LogP contribution in [0.4, 0.5) is 0 Å². The third-order valence-electron chi connectivity index (χ3n) is 1.59. The number of nitrogens with zero attached hydrogens (tertiary/aromatic N) is 1. The van der Waals surface area contributed by atoms with E-state index in [-0.39, 0.29) is 0 Å². The first-order valence-electron chi connectivity index (χ1n) is 4.54. The summed E-state index contributed by atoms with van der Waals surface area (Å²) in [6, 6.07) is 4.17. The van der Waals surface area contributed by atoms with Gasteiger partial charge < -0.3 is 5.73 Å². The van der Waals surface area contributed by atoms with E-state index in [4.69, 9.17) is 5.73 Å². The summed E-state index contributed by atoms with van der Waals surface area (Å²) < 4.78 is 0. The molecular formula is C10H16N2S. The summed E-state index contributed by atoms with van der Waals surface area (Å²) in [6.07, 6.45) is 2.83. The van der Waals surface area contributed by atoms with Crippen molar-refractivity contribution < 1.29 is 0 Å². The summed E-state index contributed by atoms with van der Waals surface area (Å²) in [7, 11) is 0. The molecule has 13 heavy (non-hydrogen) atoms. The maximum atomic E-state index is 5.45. The van der Waals surface area contributed by atoms with Crippen LogP contribution in [0.3, 0.4) is 0 Å². The molecule has 0 spiro atoms. The Kier molecular flexibility index (Phi) is 4.25. The summed E-state index contributed by atoms with van der Waals surface area (Å²) >= 11 is 1.78. The molecule has 0 aliphatic heterocycles. The monoisotopic (exact) mass is 196 g/mol. The fourth-order valence-corrected chi connectivity index (χ4v) is 1.78. The van der Waals surface area contributed by atoms with E-state index in [9.17, 15) is 0 Å². The molecule has 1 aromatic heterocycles. The Balaban J connectivity index is 2.59. The van der Waals surface area contributed by atoms with Crippen molar-refractivity contribution in [2.75, 3.05) is 6.54 Å². The molecule has 0 bridgehead atoms. The normalized spacial score (nSPS) is 10.8. The molecular weight excluding hydrogens is 180 g/mol. The summed E-state index contributed by atoms with van der Waals surface area (Å²) in [5, 5.41) is 1.68. The highest BCUT2D eigenvalue weighted by Gasteiger charge is 1.99. The average Bonchev–Trinajstić information content (AvgIpc) is 2.08. The van der Waals surface area contributed by atoms with E-state index in [0.29, 0.717) is 11.8 Å². The highest BCUT2D eigenvalue weighted by atomic mass is 32.2. The smallest absolute Gasteiger partial charge is 0.0962 e. The Morgan fingerprint density at radius 2 is 2.23 bits per heavy atom. The van der Waals surface area contributed by atoms with E-state index >= 15 is 0 Å². The second-order valence-electron chi connectivity index (χ2n) is 3.21. The molecule has 0 radical (unpaired) electrons. The lowest BCUT2D eigenvalue weighted by molar-refractivity contribution is 0.944. The minimum Gasteiger partial charge on any atom is -0.330 e. The summed E-state index contributed by atoms with van der Waals surface area (Å²) in [6.45, 7) is 5.03. The van der Waals surface area contributed by atoms with E-state index in [2.05, 4.69) is 31.0 Å². The van der Waals surface area contributed by atoms with Gasteiger partial charge in [-0.05, 0) is 24.6 Å². The number of nitrogens with two attached hydrogens (primary N) is 1. The molecule has 72 valence electrons. The Morgan fingerprint density at radius 1 is 1.46 bits per heavy atom. The molecule has 0 fully saturated rings. The van der Waals surface area contributed by atoms with Gasteiger partial charge >= 0.3 is 0 Å².